The summed E-state index contributed by atoms with van der Waals surface area (Å²) in [6.07, 6.45) is -0.688. The number of nitrogens with one attached hydrogen (secondary N) is 1. The van der Waals surface area contributed by atoms with E-state index >= 15 is 0 Å². The van der Waals surface area contributed by atoms with Crippen molar-refractivity contribution in [2.24, 2.45) is 0 Å². The number of hydroxylamine groups is 1. The van der Waals surface area contributed by atoms with Crippen LogP contribution in [0.3, 0.4) is 0 Å². The summed E-state index contributed by atoms with van der Waals surface area (Å²) < 4.78 is 21.5. The van der Waals surface area contributed by atoms with Crippen LogP contribution in [0.2, 0.25) is 0 Å². The minimum atomic E-state index is -2.87. The van der Waals surface area contributed by atoms with Crippen molar-refractivity contribution in [2.75, 3.05) is 26.0 Å². The van der Waals surface area contributed by atoms with Gasteiger partial charge in [0.1, 0.15) is 0 Å². The Hall–Kier alpha value is -0.420. The highest BCUT2D eigenvalue weighted by molar-refractivity contribution is 7.58. The fourth-order valence-electron chi connectivity index (χ4n) is 0.943. The average Bonchev–Trinajstić information content (AvgIpc) is 2.14. The van der Waals surface area contributed by atoms with Crippen molar-refractivity contribution in [2.45, 2.75) is 20.0 Å². The predicted octanol–water partition coefficient (Wildman–Crippen LogP) is 0.841. The first-order valence-electron chi connectivity index (χ1n) is 4.71. The van der Waals surface area contributed by atoms with Crippen LogP contribution in [0.15, 0.2) is 0 Å². The minimum Gasteiger partial charge on any atom is -0.464 e. The lowest BCUT2D eigenvalue weighted by Gasteiger charge is -2.17. The summed E-state index contributed by atoms with van der Waals surface area (Å²) in [5.74, 6) is -0.531. The van der Waals surface area contributed by atoms with Gasteiger partial charge in [0.05, 0.1) is 6.61 Å². The SMILES string of the molecule is CCOC(=O)[C@H](C)OP(C)(=O)CCNO. The fraction of sp³-hybridized carbons (Fsp3) is 0.875. The molecule has 0 aliphatic heterocycles. The number of ether oxygens (including phenoxy) is 1. The van der Waals surface area contributed by atoms with E-state index in [0.717, 1.165) is 0 Å². The summed E-state index contributed by atoms with van der Waals surface area (Å²) in [5.41, 5.74) is 1.88. The number of rotatable bonds is 7. The van der Waals surface area contributed by atoms with Crippen molar-refractivity contribution < 1.29 is 23.8 Å². The Morgan fingerprint density at radius 3 is 2.67 bits per heavy atom. The highest BCUT2D eigenvalue weighted by Crippen LogP contribution is 2.43. The molecule has 0 bridgehead atoms. The van der Waals surface area contributed by atoms with Gasteiger partial charge in [-0.1, -0.05) is 0 Å². The number of esters is 1. The second-order valence-electron chi connectivity index (χ2n) is 3.15. The number of carbonyl (C=O) groups excluding carboxylic acids is 1. The van der Waals surface area contributed by atoms with Crippen molar-refractivity contribution in [1.29, 1.82) is 0 Å². The molecule has 0 aromatic heterocycles. The number of carbonyl (C=O) groups is 1. The molecule has 0 radical (unpaired) electrons. The van der Waals surface area contributed by atoms with E-state index in [1.807, 2.05) is 5.48 Å². The van der Waals surface area contributed by atoms with Gasteiger partial charge in [0, 0.05) is 19.4 Å². The van der Waals surface area contributed by atoms with Crippen LogP contribution in [-0.4, -0.2) is 43.3 Å². The van der Waals surface area contributed by atoms with E-state index in [-0.39, 0.29) is 19.3 Å². The zero-order valence-electron chi connectivity index (χ0n) is 9.23. The molecule has 2 atom stereocenters. The molecule has 2 N–H and O–H groups in total. The van der Waals surface area contributed by atoms with Crippen molar-refractivity contribution in [1.82, 2.24) is 5.48 Å². The van der Waals surface area contributed by atoms with Crippen LogP contribution in [0, 0.1) is 0 Å². The van der Waals surface area contributed by atoms with Crippen molar-refractivity contribution >= 4 is 13.3 Å². The summed E-state index contributed by atoms with van der Waals surface area (Å²) >= 11 is 0. The van der Waals surface area contributed by atoms with Crippen molar-refractivity contribution in [3.05, 3.63) is 0 Å². The third kappa shape index (κ3) is 6.62. The van der Waals surface area contributed by atoms with Gasteiger partial charge in [-0.3, -0.25) is 4.57 Å². The van der Waals surface area contributed by atoms with Crippen LogP contribution in [0.25, 0.3) is 0 Å². The Balaban J connectivity index is 4.08. The van der Waals surface area contributed by atoms with E-state index in [2.05, 4.69) is 0 Å². The summed E-state index contributed by atoms with van der Waals surface area (Å²) in [6, 6.07) is 0. The molecule has 90 valence electrons. The maximum atomic E-state index is 11.7. The molecule has 0 aromatic carbocycles. The number of hydrogen-bond acceptors (Lipinski definition) is 6. The van der Waals surface area contributed by atoms with Crippen LogP contribution in [0.1, 0.15) is 13.8 Å². The average molecular weight is 239 g/mol. The largest absolute Gasteiger partial charge is 0.464 e. The molecule has 0 spiro atoms. The van der Waals surface area contributed by atoms with Crippen LogP contribution in [-0.2, 0) is 18.6 Å². The normalized spacial score (nSPS) is 16.8. The molecule has 0 rings (SSSR count). The maximum Gasteiger partial charge on any atom is 0.335 e. The minimum absolute atomic E-state index is 0.156. The maximum absolute atomic E-state index is 11.7. The molecule has 0 fully saturated rings. The van der Waals surface area contributed by atoms with Crippen LogP contribution in [0.4, 0.5) is 0 Å². The Kier molecular flexibility index (Phi) is 6.76. The molecule has 0 aromatic rings. The first-order valence-corrected chi connectivity index (χ1v) is 6.97. The standard InChI is InChI=1S/C8H18NO5P/c1-4-13-8(10)7(2)14-15(3,12)6-5-9-11/h7,9,11H,4-6H2,1-3H3/t7-,15?/m0/s1. The lowest BCUT2D eigenvalue weighted by Crippen LogP contribution is -2.24. The van der Waals surface area contributed by atoms with E-state index in [4.69, 9.17) is 14.5 Å². The topological polar surface area (TPSA) is 84.9 Å². The Labute approximate surface area is 89.4 Å². The zero-order valence-corrected chi connectivity index (χ0v) is 10.1. The molecule has 15 heavy (non-hydrogen) atoms. The number of hydrogen-bond donors (Lipinski definition) is 2. The lowest BCUT2D eigenvalue weighted by atomic mass is 10.4. The van der Waals surface area contributed by atoms with E-state index in [0.29, 0.717) is 0 Å². The molecule has 0 saturated heterocycles. The Morgan fingerprint density at radius 1 is 1.60 bits per heavy atom. The lowest BCUT2D eigenvalue weighted by molar-refractivity contribution is -0.150. The fourth-order valence-corrected chi connectivity index (χ4v) is 2.31. The predicted molar refractivity (Wildman–Crippen MR) is 55.4 cm³/mol. The van der Waals surface area contributed by atoms with Crippen molar-refractivity contribution in [3.8, 4) is 0 Å². The van der Waals surface area contributed by atoms with Gasteiger partial charge in [-0.2, -0.15) is 0 Å². The molecule has 1 unspecified atom stereocenters. The molecule has 0 heterocycles. The van der Waals surface area contributed by atoms with Crippen LogP contribution < -0.4 is 5.48 Å². The smallest absolute Gasteiger partial charge is 0.335 e. The van der Waals surface area contributed by atoms with E-state index in [9.17, 15) is 9.36 Å². The van der Waals surface area contributed by atoms with Gasteiger partial charge in [-0.15, -0.1) is 0 Å². The van der Waals surface area contributed by atoms with E-state index in [1.54, 1.807) is 6.92 Å². The molecule has 0 aliphatic rings. The first kappa shape index (κ1) is 14.6. The second kappa shape index (κ2) is 6.95. The zero-order chi connectivity index (χ0) is 11.9. The van der Waals surface area contributed by atoms with E-state index in [1.165, 1.54) is 13.6 Å². The Morgan fingerprint density at radius 2 is 2.20 bits per heavy atom. The van der Waals surface area contributed by atoms with Gasteiger partial charge in [-0.25, -0.2) is 10.3 Å². The molecule has 6 nitrogen and oxygen atoms in total. The highest BCUT2D eigenvalue weighted by atomic mass is 31.2. The van der Waals surface area contributed by atoms with Crippen LogP contribution in [0.5, 0.6) is 0 Å². The molecule has 0 saturated carbocycles. The first-order chi connectivity index (χ1) is 6.93. The monoisotopic (exact) mass is 239 g/mol. The van der Waals surface area contributed by atoms with Gasteiger partial charge in [0.25, 0.3) is 0 Å². The summed E-state index contributed by atoms with van der Waals surface area (Å²) in [4.78, 5) is 11.2. The molecule has 7 heteroatoms. The van der Waals surface area contributed by atoms with Gasteiger partial charge < -0.3 is 14.5 Å². The van der Waals surface area contributed by atoms with Crippen molar-refractivity contribution in [3.63, 3.8) is 0 Å². The summed E-state index contributed by atoms with van der Waals surface area (Å²) in [5, 5.41) is 8.34. The molecule has 0 amide bonds. The van der Waals surface area contributed by atoms with Gasteiger partial charge in [0.2, 0.25) is 7.37 Å². The van der Waals surface area contributed by atoms with Crippen LogP contribution >= 0.6 is 7.37 Å². The summed E-state index contributed by atoms with van der Waals surface area (Å²) in [7, 11) is -2.87. The summed E-state index contributed by atoms with van der Waals surface area (Å²) in [6.45, 7) is 5.01. The van der Waals surface area contributed by atoms with Gasteiger partial charge >= 0.3 is 5.97 Å². The van der Waals surface area contributed by atoms with E-state index < -0.39 is 19.4 Å². The molecule has 0 aliphatic carbocycles. The highest BCUT2D eigenvalue weighted by Gasteiger charge is 2.24. The quantitative estimate of drug-likeness (QED) is 0.389. The molecular weight excluding hydrogens is 221 g/mol. The second-order valence-corrected chi connectivity index (χ2v) is 5.83. The Bertz CT molecular complexity index is 245. The molecular formula is C8H18NO5P. The third-order valence-electron chi connectivity index (χ3n) is 1.63. The van der Waals surface area contributed by atoms with Gasteiger partial charge in [-0.05, 0) is 13.8 Å². The van der Waals surface area contributed by atoms with Gasteiger partial charge in [0.15, 0.2) is 6.10 Å². The third-order valence-corrected chi connectivity index (χ3v) is 3.43.